The maximum absolute atomic E-state index is 12.9. The topological polar surface area (TPSA) is 105 Å². The van der Waals surface area contributed by atoms with Crippen LogP contribution in [0.1, 0.15) is 219 Å². The molecule has 0 saturated heterocycles. The van der Waals surface area contributed by atoms with Crippen molar-refractivity contribution in [1.29, 1.82) is 0 Å². The molecule has 3 unspecified atom stereocenters. The summed E-state index contributed by atoms with van der Waals surface area (Å²) in [4.78, 5) is 23.1. The average Bonchev–Trinajstić information content (AvgIpc) is 3.15. The molecule has 0 aromatic rings. The first-order chi connectivity index (χ1) is 27.0. The molecule has 0 radical (unpaired) electrons. The molecule has 0 aromatic heterocycles. The maximum Gasteiger partial charge on any atom is 0.472 e. The first-order valence-electron chi connectivity index (χ1n) is 23.7. The van der Waals surface area contributed by atoms with Crippen molar-refractivity contribution in [2.24, 2.45) is 0 Å². The molecule has 0 aliphatic carbocycles. The first-order valence-corrected chi connectivity index (χ1v) is 25.2. The molecule has 0 aromatic carbocycles. The minimum atomic E-state index is -4.33. The minimum absolute atomic E-state index is 0.0625. The summed E-state index contributed by atoms with van der Waals surface area (Å²) in [5.74, 6) is -0.178. The van der Waals surface area contributed by atoms with Crippen LogP contribution in [0.25, 0.3) is 0 Å². The SMILES string of the molecule is CCCCCCCCCC/C=C\CCCCCCCCCCCCCC(=O)NC(COP(=O)(O)OCC[N+](C)(C)C)C(O)/C=C/CCCCCCCCCCC. The van der Waals surface area contributed by atoms with Crippen LogP contribution in [0.2, 0.25) is 0 Å². The zero-order valence-corrected chi connectivity index (χ0v) is 38.5. The third kappa shape index (κ3) is 41.2. The lowest BCUT2D eigenvalue weighted by atomic mass is 10.0. The summed E-state index contributed by atoms with van der Waals surface area (Å²) in [6, 6.07) is -0.842. The second kappa shape index (κ2) is 39.4. The Balaban J connectivity index is 4.22. The van der Waals surface area contributed by atoms with Gasteiger partial charge in [-0.1, -0.05) is 192 Å². The predicted octanol–water partition coefficient (Wildman–Crippen LogP) is 13.3. The van der Waals surface area contributed by atoms with Crippen LogP contribution in [-0.4, -0.2) is 73.4 Å². The van der Waals surface area contributed by atoms with Gasteiger partial charge in [0.2, 0.25) is 5.91 Å². The van der Waals surface area contributed by atoms with Crippen molar-refractivity contribution in [3.63, 3.8) is 0 Å². The molecule has 8 nitrogen and oxygen atoms in total. The maximum atomic E-state index is 12.9. The van der Waals surface area contributed by atoms with Gasteiger partial charge < -0.3 is 19.8 Å². The molecule has 332 valence electrons. The van der Waals surface area contributed by atoms with E-state index in [2.05, 4.69) is 31.3 Å². The molecular weight excluding hydrogens is 719 g/mol. The number of nitrogens with one attached hydrogen (secondary N) is 1. The van der Waals surface area contributed by atoms with E-state index >= 15 is 0 Å². The van der Waals surface area contributed by atoms with E-state index in [1.165, 1.54) is 161 Å². The molecule has 1 amide bonds. The molecule has 56 heavy (non-hydrogen) atoms. The highest BCUT2D eigenvalue weighted by molar-refractivity contribution is 7.47. The van der Waals surface area contributed by atoms with Gasteiger partial charge >= 0.3 is 7.82 Å². The van der Waals surface area contributed by atoms with Crippen LogP contribution in [0, 0.1) is 0 Å². The predicted molar refractivity (Wildman–Crippen MR) is 240 cm³/mol. The third-order valence-corrected chi connectivity index (χ3v) is 11.6. The van der Waals surface area contributed by atoms with E-state index in [1.54, 1.807) is 6.08 Å². The summed E-state index contributed by atoms with van der Waals surface area (Å²) in [5, 5.41) is 13.8. The second-order valence-corrected chi connectivity index (χ2v) is 18.9. The molecule has 3 N–H and O–H groups in total. The quantitative estimate of drug-likeness (QED) is 0.0245. The zero-order valence-electron chi connectivity index (χ0n) is 37.6. The molecule has 0 spiro atoms. The summed E-state index contributed by atoms with van der Waals surface area (Å²) >= 11 is 0. The number of aliphatic hydroxyl groups excluding tert-OH is 1. The summed E-state index contributed by atoms with van der Waals surface area (Å²) in [5.41, 5.74) is 0. The Morgan fingerprint density at radius 3 is 1.38 bits per heavy atom. The number of amides is 1. The van der Waals surface area contributed by atoms with Gasteiger partial charge in [0.05, 0.1) is 39.9 Å². The Morgan fingerprint density at radius 1 is 0.589 bits per heavy atom. The van der Waals surface area contributed by atoms with Gasteiger partial charge in [0.1, 0.15) is 13.2 Å². The van der Waals surface area contributed by atoms with Crippen molar-refractivity contribution in [3.8, 4) is 0 Å². The van der Waals surface area contributed by atoms with Crippen LogP contribution in [0.15, 0.2) is 24.3 Å². The van der Waals surface area contributed by atoms with Crippen molar-refractivity contribution in [3.05, 3.63) is 24.3 Å². The van der Waals surface area contributed by atoms with E-state index in [-0.39, 0.29) is 19.1 Å². The van der Waals surface area contributed by atoms with Gasteiger partial charge in [-0.3, -0.25) is 13.8 Å². The summed E-state index contributed by atoms with van der Waals surface area (Å²) in [6.45, 7) is 4.81. The van der Waals surface area contributed by atoms with E-state index in [9.17, 15) is 19.4 Å². The van der Waals surface area contributed by atoms with E-state index < -0.39 is 20.0 Å². The molecule has 0 rings (SSSR count). The molecule has 0 aliphatic rings. The van der Waals surface area contributed by atoms with Crippen molar-refractivity contribution >= 4 is 13.7 Å². The third-order valence-electron chi connectivity index (χ3n) is 10.7. The Morgan fingerprint density at radius 2 is 0.964 bits per heavy atom. The number of nitrogens with zero attached hydrogens (tertiary/aromatic N) is 1. The van der Waals surface area contributed by atoms with Crippen LogP contribution in [0.4, 0.5) is 0 Å². The standard InChI is InChI=1S/C47H93N2O6P/c1-6-8-10-12-14-16-18-19-20-21-22-23-24-25-26-27-28-29-31-33-35-37-39-41-47(51)48-45(44-55-56(52,53)54-43-42-49(3,4)5)46(50)40-38-36-34-32-30-17-15-13-11-9-7-2/h21-22,38,40,45-46,50H,6-20,23-37,39,41-44H2,1-5H3,(H-,48,51,52,53)/p+1/b22-21-,40-38+. The van der Waals surface area contributed by atoms with Gasteiger partial charge in [-0.05, 0) is 44.9 Å². The molecule has 3 atom stereocenters. The van der Waals surface area contributed by atoms with Crippen molar-refractivity contribution < 1.29 is 32.9 Å². The summed E-state index contributed by atoms with van der Waals surface area (Å²) in [7, 11) is 1.57. The van der Waals surface area contributed by atoms with Crippen LogP contribution < -0.4 is 5.32 Å². The summed E-state index contributed by atoms with van der Waals surface area (Å²) in [6.07, 6.45) is 46.8. The van der Waals surface area contributed by atoms with Crippen LogP contribution in [-0.2, 0) is 18.4 Å². The molecule has 0 aliphatic heterocycles. The lowest BCUT2D eigenvalue weighted by Gasteiger charge is -2.25. The van der Waals surface area contributed by atoms with Gasteiger partial charge in [0.15, 0.2) is 0 Å². The van der Waals surface area contributed by atoms with E-state index in [1.807, 2.05) is 27.2 Å². The fourth-order valence-corrected chi connectivity index (χ4v) is 7.60. The fraction of sp³-hybridized carbons (Fsp3) is 0.894. The number of hydrogen-bond donors (Lipinski definition) is 3. The molecule has 0 bridgehead atoms. The average molecular weight is 814 g/mol. The van der Waals surface area contributed by atoms with Gasteiger partial charge in [-0.15, -0.1) is 0 Å². The van der Waals surface area contributed by atoms with E-state index in [0.717, 1.165) is 38.5 Å². The number of quaternary nitrogens is 1. The highest BCUT2D eigenvalue weighted by Crippen LogP contribution is 2.43. The number of carbonyl (C=O) groups excluding carboxylic acids is 1. The van der Waals surface area contributed by atoms with Gasteiger partial charge in [-0.2, -0.15) is 0 Å². The van der Waals surface area contributed by atoms with Crippen LogP contribution in [0.3, 0.4) is 0 Å². The molecular formula is C47H94N2O6P+. The highest BCUT2D eigenvalue weighted by atomic mass is 31.2. The van der Waals surface area contributed by atoms with Gasteiger partial charge in [0, 0.05) is 6.42 Å². The smallest absolute Gasteiger partial charge is 0.387 e. The molecule has 0 fully saturated rings. The van der Waals surface area contributed by atoms with Gasteiger partial charge in [0.25, 0.3) is 0 Å². The van der Waals surface area contributed by atoms with Crippen molar-refractivity contribution in [2.75, 3.05) is 40.9 Å². The van der Waals surface area contributed by atoms with Gasteiger partial charge in [-0.25, -0.2) is 4.57 Å². The fourth-order valence-electron chi connectivity index (χ4n) is 6.86. The zero-order chi connectivity index (χ0) is 41.4. The number of carbonyl (C=O) groups is 1. The van der Waals surface area contributed by atoms with E-state index in [0.29, 0.717) is 17.4 Å². The number of phosphoric ester groups is 1. The Labute approximate surface area is 347 Å². The number of hydrogen-bond acceptors (Lipinski definition) is 5. The molecule has 0 saturated carbocycles. The van der Waals surface area contributed by atoms with Crippen LogP contribution in [0.5, 0.6) is 0 Å². The number of likely N-dealkylation sites (N-methyl/N-ethyl adjacent to an activating group) is 1. The lowest BCUT2D eigenvalue weighted by molar-refractivity contribution is -0.870. The Kier molecular flexibility index (Phi) is 38.7. The molecule has 9 heteroatoms. The number of aliphatic hydroxyl groups is 1. The number of allylic oxidation sites excluding steroid dienone is 3. The second-order valence-electron chi connectivity index (χ2n) is 17.5. The number of rotatable bonds is 43. The molecule has 0 heterocycles. The van der Waals surface area contributed by atoms with Crippen LogP contribution >= 0.6 is 7.82 Å². The number of phosphoric acid groups is 1. The van der Waals surface area contributed by atoms with Crippen molar-refractivity contribution in [2.45, 2.75) is 231 Å². The summed E-state index contributed by atoms with van der Waals surface area (Å²) < 4.78 is 23.5. The Bertz CT molecular complexity index is 969. The number of unbranched alkanes of at least 4 members (excludes halogenated alkanes) is 28. The first kappa shape index (κ1) is 55.0. The Hall–Kier alpha value is -1.02. The highest BCUT2D eigenvalue weighted by Gasteiger charge is 2.27. The largest absolute Gasteiger partial charge is 0.472 e. The lowest BCUT2D eigenvalue weighted by Crippen LogP contribution is -2.45. The normalized spacial score (nSPS) is 14.5. The van der Waals surface area contributed by atoms with E-state index in [4.69, 9.17) is 9.05 Å². The monoisotopic (exact) mass is 814 g/mol. The van der Waals surface area contributed by atoms with Crippen molar-refractivity contribution in [1.82, 2.24) is 5.32 Å². The minimum Gasteiger partial charge on any atom is -0.387 e.